The first kappa shape index (κ1) is 15.2. The van der Waals surface area contributed by atoms with Gasteiger partial charge in [-0.25, -0.2) is 10.3 Å². The van der Waals surface area contributed by atoms with Crippen LogP contribution >= 0.6 is 0 Å². The lowest BCUT2D eigenvalue weighted by atomic mass is 10.1. The van der Waals surface area contributed by atoms with Crippen molar-refractivity contribution in [2.24, 2.45) is 0 Å². The van der Waals surface area contributed by atoms with Crippen LogP contribution < -0.4 is 5.48 Å². The molecule has 0 aliphatic carbocycles. The van der Waals surface area contributed by atoms with Gasteiger partial charge < -0.3 is 14.5 Å². The van der Waals surface area contributed by atoms with Crippen LogP contribution in [0.15, 0.2) is 0 Å². The number of likely N-dealkylation sites (tertiary alicyclic amines) is 1. The lowest BCUT2D eigenvalue weighted by Crippen LogP contribution is -2.42. The molecule has 5 heteroatoms. The highest BCUT2D eigenvalue weighted by molar-refractivity contribution is 5.68. The molecule has 1 rings (SSSR count). The number of nitrogens with zero attached hydrogens (tertiary/aromatic N) is 1. The van der Waals surface area contributed by atoms with Crippen molar-refractivity contribution >= 4 is 6.09 Å². The summed E-state index contributed by atoms with van der Waals surface area (Å²) in [7, 11) is 1.61. The Morgan fingerprint density at radius 3 is 2.72 bits per heavy atom. The number of amides is 1. The predicted molar refractivity (Wildman–Crippen MR) is 70.2 cm³/mol. The van der Waals surface area contributed by atoms with Gasteiger partial charge in [0.2, 0.25) is 0 Å². The van der Waals surface area contributed by atoms with Crippen LogP contribution in [0.2, 0.25) is 0 Å². The molecule has 106 valence electrons. The van der Waals surface area contributed by atoms with Crippen LogP contribution in [0.4, 0.5) is 4.79 Å². The van der Waals surface area contributed by atoms with Gasteiger partial charge in [0.25, 0.3) is 0 Å². The minimum Gasteiger partial charge on any atom is -0.444 e. The van der Waals surface area contributed by atoms with E-state index in [1.807, 2.05) is 25.7 Å². The molecule has 0 bridgehead atoms. The maximum atomic E-state index is 12.1. The van der Waals surface area contributed by atoms with Gasteiger partial charge in [-0.2, -0.15) is 0 Å². The Kier molecular flexibility index (Phi) is 5.41. The van der Waals surface area contributed by atoms with E-state index in [1.54, 1.807) is 7.11 Å². The summed E-state index contributed by atoms with van der Waals surface area (Å²) in [6, 6.07) is 0.473. The van der Waals surface area contributed by atoms with Gasteiger partial charge in [-0.15, -0.1) is 0 Å². The summed E-state index contributed by atoms with van der Waals surface area (Å²) in [6.07, 6.45) is 2.76. The highest BCUT2D eigenvalue weighted by Crippen LogP contribution is 2.23. The fourth-order valence-corrected chi connectivity index (χ4v) is 2.30. The van der Waals surface area contributed by atoms with Crippen LogP contribution in [0.3, 0.4) is 0 Å². The van der Waals surface area contributed by atoms with Crippen molar-refractivity contribution < 1.29 is 14.4 Å². The quantitative estimate of drug-likeness (QED) is 0.786. The zero-order valence-corrected chi connectivity index (χ0v) is 12.2. The topological polar surface area (TPSA) is 50.8 Å². The summed E-state index contributed by atoms with van der Waals surface area (Å²) in [5.41, 5.74) is 2.47. The van der Waals surface area contributed by atoms with E-state index in [1.165, 1.54) is 0 Å². The lowest BCUT2D eigenvalue weighted by Gasteiger charge is -2.29. The van der Waals surface area contributed by atoms with Crippen LogP contribution in [0, 0.1) is 0 Å². The lowest BCUT2D eigenvalue weighted by molar-refractivity contribution is 0.0169. The predicted octanol–water partition coefficient (Wildman–Crippen LogP) is 2.32. The van der Waals surface area contributed by atoms with E-state index in [0.717, 1.165) is 25.8 Å². The SMILES string of the molecule is CONC(C)CC1CCCN1C(=O)OC(C)(C)C. The standard InChI is InChI=1S/C13H26N2O3/c1-10(14-17-5)9-11-7-6-8-15(11)12(16)18-13(2,3)4/h10-11,14H,6-9H2,1-5H3. The fourth-order valence-electron chi connectivity index (χ4n) is 2.30. The summed E-state index contributed by atoms with van der Waals surface area (Å²) in [4.78, 5) is 18.8. The third-order valence-electron chi connectivity index (χ3n) is 2.95. The first-order valence-electron chi connectivity index (χ1n) is 6.61. The number of ether oxygens (including phenoxy) is 1. The molecule has 1 aliphatic heterocycles. The highest BCUT2D eigenvalue weighted by Gasteiger charge is 2.32. The van der Waals surface area contributed by atoms with Crippen molar-refractivity contribution in [2.45, 2.75) is 64.6 Å². The van der Waals surface area contributed by atoms with Gasteiger partial charge >= 0.3 is 6.09 Å². The Hall–Kier alpha value is -0.810. The average molecular weight is 258 g/mol. The van der Waals surface area contributed by atoms with E-state index in [-0.39, 0.29) is 18.2 Å². The third kappa shape index (κ3) is 4.82. The molecule has 18 heavy (non-hydrogen) atoms. The van der Waals surface area contributed by atoms with E-state index < -0.39 is 5.60 Å². The number of hydrogen-bond acceptors (Lipinski definition) is 4. The molecule has 0 radical (unpaired) electrons. The van der Waals surface area contributed by atoms with E-state index >= 15 is 0 Å². The number of nitrogens with one attached hydrogen (secondary N) is 1. The molecule has 1 N–H and O–H groups in total. The van der Waals surface area contributed by atoms with Crippen molar-refractivity contribution in [2.75, 3.05) is 13.7 Å². The smallest absolute Gasteiger partial charge is 0.410 e. The first-order valence-corrected chi connectivity index (χ1v) is 6.61. The Morgan fingerprint density at radius 2 is 2.17 bits per heavy atom. The summed E-state index contributed by atoms with van der Waals surface area (Å²) in [5.74, 6) is 0. The Balaban J connectivity index is 2.51. The molecule has 1 saturated heterocycles. The molecule has 0 aromatic heterocycles. The van der Waals surface area contributed by atoms with Gasteiger partial charge in [-0.05, 0) is 47.0 Å². The first-order chi connectivity index (χ1) is 8.33. The summed E-state index contributed by atoms with van der Waals surface area (Å²) < 4.78 is 5.43. The average Bonchev–Trinajstić information content (AvgIpc) is 2.63. The maximum Gasteiger partial charge on any atom is 0.410 e. The zero-order chi connectivity index (χ0) is 13.8. The molecule has 5 nitrogen and oxygen atoms in total. The normalized spacial score (nSPS) is 22.1. The van der Waals surface area contributed by atoms with Gasteiger partial charge in [0.05, 0.1) is 7.11 Å². The van der Waals surface area contributed by atoms with E-state index in [4.69, 9.17) is 9.57 Å². The molecule has 2 atom stereocenters. The van der Waals surface area contributed by atoms with Gasteiger partial charge in [-0.1, -0.05) is 0 Å². The van der Waals surface area contributed by atoms with Crippen molar-refractivity contribution in [1.82, 2.24) is 10.4 Å². The minimum atomic E-state index is -0.430. The van der Waals surface area contributed by atoms with E-state index in [9.17, 15) is 4.79 Å². The second-order valence-corrected chi connectivity index (χ2v) is 5.93. The number of hydroxylamine groups is 1. The summed E-state index contributed by atoms with van der Waals surface area (Å²) in [6.45, 7) is 8.52. The Labute approximate surface area is 110 Å². The molecule has 1 heterocycles. The monoisotopic (exact) mass is 258 g/mol. The third-order valence-corrected chi connectivity index (χ3v) is 2.95. The van der Waals surface area contributed by atoms with Crippen LogP contribution in [-0.2, 0) is 9.57 Å². The molecule has 2 unspecified atom stereocenters. The molecule has 0 aromatic rings. The Morgan fingerprint density at radius 1 is 1.50 bits per heavy atom. The second kappa shape index (κ2) is 6.38. The van der Waals surface area contributed by atoms with Crippen molar-refractivity contribution in [1.29, 1.82) is 0 Å². The second-order valence-electron chi connectivity index (χ2n) is 5.93. The van der Waals surface area contributed by atoms with Gasteiger partial charge in [0.15, 0.2) is 0 Å². The zero-order valence-electron chi connectivity index (χ0n) is 12.2. The van der Waals surface area contributed by atoms with Crippen LogP contribution in [0.25, 0.3) is 0 Å². The number of carbonyl (C=O) groups is 1. The van der Waals surface area contributed by atoms with Crippen LogP contribution in [-0.4, -0.2) is 42.3 Å². The number of carbonyl (C=O) groups excluding carboxylic acids is 1. The molecule has 1 fully saturated rings. The summed E-state index contributed by atoms with van der Waals surface area (Å²) in [5, 5.41) is 0. The highest BCUT2D eigenvalue weighted by atomic mass is 16.6. The van der Waals surface area contributed by atoms with Crippen LogP contribution in [0.5, 0.6) is 0 Å². The van der Waals surface area contributed by atoms with Gasteiger partial charge in [0, 0.05) is 18.6 Å². The molecule has 1 aliphatic rings. The largest absolute Gasteiger partial charge is 0.444 e. The Bertz CT molecular complexity index is 276. The molecule has 0 spiro atoms. The van der Waals surface area contributed by atoms with E-state index in [0.29, 0.717) is 0 Å². The van der Waals surface area contributed by atoms with Crippen LogP contribution in [0.1, 0.15) is 47.0 Å². The van der Waals surface area contributed by atoms with Gasteiger partial charge in [-0.3, -0.25) is 0 Å². The van der Waals surface area contributed by atoms with Crippen molar-refractivity contribution in [3.63, 3.8) is 0 Å². The molecular formula is C13H26N2O3. The van der Waals surface area contributed by atoms with Gasteiger partial charge in [0.1, 0.15) is 5.60 Å². The number of rotatable bonds is 4. The maximum absolute atomic E-state index is 12.1. The van der Waals surface area contributed by atoms with Crippen molar-refractivity contribution in [3.8, 4) is 0 Å². The number of hydrogen-bond donors (Lipinski definition) is 1. The fraction of sp³-hybridized carbons (Fsp3) is 0.923. The molecule has 0 saturated carbocycles. The minimum absolute atomic E-state index is 0.199. The molecule has 1 amide bonds. The molecule has 0 aromatic carbocycles. The van der Waals surface area contributed by atoms with E-state index in [2.05, 4.69) is 12.4 Å². The summed E-state index contributed by atoms with van der Waals surface area (Å²) >= 11 is 0. The van der Waals surface area contributed by atoms with Crippen molar-refractivity contribution in [3.05, 3.63) is 0 Å². The molecular weight excluding hydrogens is 232 g/mol.